The summed E-state index contributed by atoms with van der Waals surface area (Å²) in [6, 6.07) is 6.98. The summed E-state index contributed by atoms with van der Waals surface area (Å²) in [6.07, 6.45) is 7.70. The molecule has 3 N–H and O–H groups in total. The second-order valence-corrected chi connectivity index (χ2v) is 7.66. The highest BCUT2D eigenvalue weighted by atomic mass is 35.5. The van der Waals surface area contributed by atoms with E-state index < -0.39 is 0 Å². The summed E-state index contributed by atoms with van der Waals surface area (Å²) in [5.41, 5.74) is 8.67. The Morgan fingerprint density at radius 1 is 1.19 bits per heavy atom. The van der Waals surface area contributed by atoms with Crippen molar-refractivity contribution in [2.75, 3.05) is 43.4 Å². The molecule has 8 nitrogen and oxygen atoms in total. The molecule has 1 aromatic carbocycles. The van der Waals surface area contributed by atoms with Gasteiger partial charge in [0.05, 0.1) is 11.9 Å². The molecule has 0 saturated carbocycles. The first-order valence-electron chi connectivity index (χ1n) is 9.76. The molecule has 4 rings (SSSR count). The highest BCUT2D eigenvalue weighted by Gasteiger charge is 2.17. The molecule has 1 aliphatic rings. The van der Waals surface area contributed by atoms with Crippen molar-refractivity contribution in [1.82, 2.24) is 24.6 Å². The fraction of sp³-hybridized carbons (Fsp3) is 0.286. The van der Waals surface area contributed by atoms with Gasteiger partial charge in [-0.1, -0.05) is 23.8 Å². The molecule has 1 fully saturated rings. The van der Waals surface area contributed by atoms with Crippen molar-refractivity contribution in [3.05, 3.63) is 59.0 Å². The second-order valence-electron chi connectivity index (χ2n) is 7.23. The zero-order valence-electron chi connectivity index (χ0n) is 17.1. The third kappa shape index (κ3) is 5.46. The standard InChI is InChI=1S/C21H24ClN7O.ClH/c1-15-16(14-25-29(15)20-4-5-24-21(23)26-20)3-2-6-27-7-9-28(10-8-27)18-11-17(22)12-19(30)13-18;/h2-5,11-14,30H,6-10H2,1H3,(H2,23,24,26);1H/b3-2+;. The van der Waals surface area contributed by atoms with Crippen LogP contribution in [0.15, 0.2) is 42.7 Å². The van der Waals surface area contributed by atoms with Gasteiger partial charge in [0.15, 0.2) is 5.82 Å². The molecule has 0 radical (unpaired) electrons. The molecule has 31 heavy (non-hydrogen) atoms. The lowest BCUT2D eigenvalue weighted by molar-refractivity contribution is 0.284. The summed E-state index contributed by atoms with van der Waals surface area (Å²) in [5.74, 6) is 1.08. The van der Waals surface area contributed by atoms with Crippen molar-refractivity contribution in [1.29, 1.82) is 0 Å². The van der Waals surface area contributed by atoms with Crippen LogP contribution in [0.4, 0.5) is 11.6 Å². The third-order valence-electron chi connectivity index (χ3n) is 5.19. The first kappa shape index (κ1) is 22.9. The highest BCUT2D eigenvalue weighted by Crippen LogP contribution is 2.27. The fourth-order valence-corrected chi connectivity index (χ4v) is 3.78. The third-order valence-corrected chi connectivity index (χ3v) is 5.41. The van der Waals surface area contributed by atoms with Crippen molar-refractivity contribution in [3.63, 3.8) is 0 Å². The van der Waals surface area contributed by atoms with E-state index in [0.717, 1.165) is 49.7 Å². The summed E-state index contributed by atoms with van der Waals surface area (Å²) < 4.78 is 1.76. The van der Waals surface area contributed by atoms with E-state index in [-0.39, 0.29) is 24.1 Å². The smallest absolute Gasteiger partial charge is 0.221 e. The number of aromatic nitrogens is 4. The molecule has 1 saturated heterocycles. The number of aromatic hydroxyl groups is 1. The number of nitrogen functional groups attached to an aromatic ring is 1. The Labute approximate surface area is 192 Å². The van der Waals surface area contributed by atoms with Gasteiger partial charge in [0.25, 0.3) is 0 Å². The first-order valence-corrected chi connectivity index (χ1v) is 10.1. The number of nitrogens with zero attached hydrogens (tertiary/aromatic N) is 6. The number of hydrogen-bond donors (Lipinski definition) is 2. The van der Waals surface area contributed by atoms with E-state index in [2.05, 4.69) is 37.0 Å². The molecule has 0 aliphatic carbocycles. The number of phenols is 1. The summed E-state index contributed by atoms with van der Waals surface area (Å²) >= 11 is 6.06. The quantitative estimate of drug-likeness (QED) is 0.601. The zero-order chi connectivity index (χ0) is 21.1. The molecule has 0 bridgehead atoms. The van der Waals surface area contributed by atoms with Crippen molar-refractivity contribution in [2.45, 2.75) is 6.92 Å². The summed E-state index contributed by atoms with van der Waals surface area (Å²) in [6.45, 7) is 6.52. The van der Waals surface area contributed by atoms with Crippen LogP contribution in [0.1, 0.15) is 11.3 Å². The number of phenolic OH excluding ortho intramolecular Hbond substituents is 1. The minimum atomic E-state index is 0. The van der Waals surface area contributed by atoms with Crippen LogP contribution in [-0.4, -0.2) is 62.5 Å². The highest BCUT2D eigenvalue weighted by molar-refractivity contribution is 6.31. The second kappa shape index (κ2) is 10.00. The van der Waals surface area contributed by atoms with Gasteiger partial charge in [-0.05, 0) is 19.1 Å². The van der Waals surface area contributed by atoms with Gasteiger partial charge in [-0.2, -0.15) is 10.1 Å². The predicted octanol–water partition coefficient (Wildman–Crippen LogP) is 3.17. The van der Waals surface area contributed by atoms with Gasteiger partial charge in [0, 0.05) is 67.3 Å². The van der Waals surface area contributed by atoms with Crippen LogP contribution in [0.3, 0.4) is 0 Å². The van der Waals surface area contributed by atoms with E-state index in [9.17, 15) is 5.11 Å². The maximum absolute atomic E-state index is 9.76. The van der Waals surface area contributed by atoms with Gasteiger partial charge in [-0.15, -0.1) is 12.4 Å². The van der Waals surface area contributed by atoms with Crippen molar-refractivity contribution in [3.8, 4) is 11.6 Å². The lowest BCUT2D eigenvalue weighted by Gasteiger charge is -2.35. The van der Waals surface area contributed by atoms with Gasteiger partial charge in [-0.3, -0.25) is 4.90 Å². The number of hydrogen-bond acceptors (Lipinski definition) is 7. The van der Waals surface area contributed by atoms with Crippen LogP contribution >= 0.6 is 24.0 Å². The number of benzene rings is 1. The van der Waals surface area contributed by atoms with Crippen LogP contribution in [0.25, 0.3) is 11.9 Å². The maximum Gasteiger partial charge on any atom is 0.221 e. The number of anilines is 2. The largest absolute Gasteiger partial charge is 0.508 e. The van der Waals surface area contributed by atoms with E-state index in [4.69, 9.17) is 17.3 Å². The first-order chi connectivity index (χ1) is 14.5. The number of halogens is 2. The van der Waals surface area contributed by atoms with Crippen molar-refractivity contribution in [2.24, 2.45) is 0 Å². The van der Waals surface area contributed by atoms with Gasteiger partial charge in [0.2, 0.25) is 5.95 Å². The lowest BCUT2D eigenvalue weighted by atomic mass is 10.2. The molecule has 2 aromatic heterocycles. The molecule has 164 valence electrons. The van der Waals surface area contributed by atoms with Crippen molar-refractivity contribution < 1.29 is 5.11 Å². The van der Waals surface area contributed by atoms with Crippen LogP contribution in [0, 0.1) is 6.92 Å². The molecule has 0 amide bonds. The van der Waals surface area contributed by atoms with Crippen LogP contribution in [-0.2, 0) is 0 Å². The number of rotatable bonds is 5. The Hall–Kier alpha value is -2.81. The minimum absolute atomic E-state index is 0. The molecule has 0 atom stereocenters. The minimum Gasteiger partial charge on any atom is -0.508 e. The number of nitrogens with two attached hydrogens (primary N) is 1. The van der Waals surface area contributed by atoms with Gasteiger partial charge < -0.3 is 15.7 Å². The van der Waals surface area contributed by atoms with E-state index in [1.54, 1.807) is 29.1 Å². The van der Waals surface area contributed by atoms with Crippen LogP contribution in [0.5, 0.6) is 5.75 Å². The average molecular weight is 462 g/mol. The van der Waals surface area contributed by atoms with E-state index in [1.165, 1.54) is 0 Å². The molecule has 3 heterocycles. The zero-order valence-corrected chi connectivity index (χ0v) is 18.7. The normalized spacial score (nSPS) is 14.7. The van der Waals surface area contributed by atoms with E-state index in [1.807, 2.05) is 19.2 Å². The molecule has 1 aliphatic heterocycles. The Morgan fingerprint density at radius 3 is 2.68 bits per heavy atom. The predicted molar refractivity (Wildman–Crippen MR) is 126 cm³/mol. The van der Waals surface area contributed by atoms with E-state index >= 15 is 0 Å². The summed E-state index contributed by atoms with van der Waals surface area (Å²) in [7, 11) is 0. The van der Waals surface area contributed by atoms with Crippen LogP contribution in [0.2, 0.25) is 5.02 Å². The van der Waals surface area contributed by atoms with E-state index in [0.29, 0.717) is 10.8 Å². The topological polar surface area (TPSA) is 96.3 Å². The Bertz CT molecular complexity index is 1040. The monoisotopic (exact) mass is 461 g/mol. The van der Waals surface area contributed by atoms with Crippen molar-refractivity contribution >= 4 is 41.7 Å². The Balaban J connectivity index is 0.00000272. The summed E-state index contributed by atoms with van der Waals surface area (Å²) in [4.78, 5) is 12.8. The van der Waals surface area contributed by atoms with Gasteiger partial charge >= 0.3 is 0 Å². The molecule has 0 unspecified atom stereocenters. The van der Waals surface area contributed by atoms with Crippen LogP contribution < -0.4 is 10.6 Å². The molecule has 3 aromatic rings. The fourth-order valence-electron chi connectivity index (χ4n) is 3.56. The van der Waals surface area contributed by atoms with Gasteiger partial charge in [-0.25, -0.2) is 9.67 Å². The lowest BCUT2D eigenvalue weighted by Crippen LogP contribution is -2.46. The Morgan fingerprint density at radius 2 is 1.97 bits per heavy atom. The molecular weight excluding hydrogens is 437 g/mol. The summed E-state index contributed by atoms with van der Waals surface area (Å²) in [5, 5.41) is 14.7. The van der Waals surface area contributed by atoms with Gasteiger partial charge in [0.1, 0.15) is 5.75 Å². The average Bonchev–Trinajstić information content (AvgIpc) is 3.08. The molecular formula is C21H25Cl2N7O. The Kier molecular flexibility index (Phi) is 7.37. The SMILES string of the molecule is Cc1c(/C=C/CN2CCN(c3cc(O)cc(Cl)c3)CC2)cnn1-c1ccnc(N)n1.Cl. The molecule has 0 spiro atoms. The maximum atomic E-state index is 9.76. The molecule has 10 heteroatoms. The number of piperazine rings is 1.